The maximum atomic E-state index is 9.25. The lowest BCUT2D eigenvalue weighted by molar-refractivity contribution is 0.0862. The van der Waals surface area contributed by atoms with Gasteiger partial charge >= 0.3 is 0 Å². The van der Waals surface area contributed by atoms with Crippen LogP contribution in [0.2, 0.25) is 0 Å². The third-order valence-electron chi connectivity index (χ3n) is 3.14. The van der Waals surface area contributed by atoms with E-state index in [0.717, 1.165) is 26.1 Å². The van der Waals surface area contributed by atoms with E-state index in [9.17, 15) is 5.11 Å². The number of aliphatic hydroxyl groups is 1. The molecule has 1 atom stereocenters. The molecule has 84 valence electrons. The monoisotopic (exact) mass is 209 g/mol. The van der Waals surface area contributed by atoms with Crippen LogP contribution in [0.1, 0.15) is 19.3 Å². The Balaban J connectivity index is 1.81. The van der Waals surface area contributed by atoms with E-state index in [2.05, 4.69) is 10.00 Å². The summed E-state index contributed by atoms with van der Waals surface area (Å²) in [5.74, 6) is 0. The first-order valence-corrected chi connectivity index (χ1v) is 5.72. The smallest absolute Gasteiger partial charge is 0.0586 e. The molecule has 1 aromatic heterocycles. The molecule has 0 amide bonds. The molecule has 4 nitrogen and oxygen atoms in total. The molecule has 1 aliphatic heterocycles. The zero-order valence-electron chi connectivity index (χ0n) is 9.05. The summed E-state index contributed by atoms with van der Waals surface area (Å²) in [5, 5.41) is 13.4. The van der Waals surface area contributed by atoms with E-state index in [1.54, 1.807) is 6.20 Å². The summed E-state index contributed by atoms with van der Waals surface area (Å²) in [5.41, 5.74) is 0. The van der Waals surface area contributed by atoms with Crippen molar-refractivity contribution in [2.75, 3.05) is 19.7 Å². The highest BCUT2D eigenvalue weighted by Gasteiger charge is 2.20. The summed E-state index contributed by atoms with van der Waals surface area (Å²) in [6.45, 7) is 3.32. The highest BCUT2D eigenvalue weighted by molar-refractivity contribution is 4.80. The van der Waals surface area contributed by atoms with Crippen LogP contribution in [0.3, 0.4) is 0 Å². The van der Waals surface area contributed by atoms with E-state index in [4.69, 9.17) is 0 Å². The van der Waals surface area contributed by atoms with Crippen molar-refractivity contribution in [2.45, 2.75) is 31.8 Å². The second kappa shape index (κ2) is 5.28. The van der Waals surface area contributed by atoms with Crippen molar-refractivity contribution >= 4 is 0 Å². The molecule has 1 aromatic rings. The summed E-state index contributed by atoms with van der Waals surface area (Å²) in [7, 11) is 0. The van der Waals surface area contributed by atoms with Crippen molar-refractivity contribution < 1.29 is 5.11 Å². The topological polar surface area (TPSA) is 41.3 Å². The molecule has 1 saturated heterocycles. The highest BCUT2D eigenvalue weighted by atomic mass is 16.3. The normalized spacial score (nSPS) is 23.1. The van der Waals surface area contributed by atoms with Gasteiger partial charge in [-0.05, 0) is 25.5 Å². The van der Waals surface area contributed by atoms with Crippen LogP contribution in [-0.4, -0.2) is 45.5 Å². The molecule has 2 rings (SSSR count). The molecule has 1 unspecified atom stereocenters. The number of hydrogen-bond donors (Lipinski definition) is 1. The molecular weight excluding hydrogens is 190 g/mol. The molecule has 1 fully saturated rings. The van der Waals surface area contributed by atoms with E-state index in [0.29, 0.717) is 12.6 Å². The lowest BCUT2D eigenvalue weighted by Crippen LogP contribution is -2.43. The lowest BCUT2D eigenvalue weighted by Gasteiger charge is -2.34. The first-order valence-electron chi connectivity index (χ1n) is 5.72. The molecule has 4 heteroatoms. The van der Waals surface area contributed by atoms with Crippen LogP contribution in [0.15, 0.2) is 18.5 Å². The Kier molecular flexibility index (Phi) is 3.75. The molecule has 0 spiro atoms. The molecule has 1 aliphatic rings. The minimum absolute atomic E-state index is 0.291. The third kappa shape index (κ3) is 2.79. The molecule has 0 bridgehead atoms. The Bertz CT molecular complexity index is 273. The summed E-state index contributed by atoms with van der Waals surface area (Å²) < 4.78 is 1.95. The van der Waals surface area contributed by atoms with Crippen molar-refractivity contribution in [3.63, 3.8) is 0 Å². The van der Waals surface area contributed by atoms with Crippen molar-refractivity contribution in [1.82, 2.24) is 14.7 Å². The van der Waals surface area contributed by atoms with Gasteiger partial charge in [-0.2, -0.15) is 5.10 Å². The SMILES string of the molecule is OCC1CCCCN1CCn1cccn1. The number of aromatic nitrogens is 2. The van der Waals surface area contributed by atoms with E-state index in [-0.39, 0.29) is 0 Å². The fourth-order valence-corrected chi connectivity index (χ4v) is 2.22. The van der Waals surface area contributed by atoms with Crippen LogP contribution in [0.5, 0.6) is 0 Å². The van der Waals surface area contributed by atoms with Crippen LogP contribution in [-0.2, 0) is 6.54 Å². The fraction of sp³-hybridized carbons (Fsp3) is 0.727. The highest BCUT2D eigenvalue weighted by Crippen LogP contribution is 2.16. The minimum atomic E-state index is 0.291. The molecule has 2 heterocycles. The van der Waals surface area contributed by atoms with Crippen LogP contribution in [0.4, 0.5) is 0 Å². The zero-order chi connectivity index (χ0) is 10.5. The molecule has 0 radical (unpaired) electrons. The van der Waals surface area contributed by atoms with Crippen molar-refractivity contribution in [3.05, 3.63) is 18.5 Å². The Morgan fingerprint density at radius 3 is 3.00 bits per heavy atom. The first-order chi connectivity index (χ1) is 7.40. The van der Waals surface area contributed by atoms with Gasteiger partial charge in [0.05, 0.1) is 13.2 Å². The van der Waals surface area contributed by atoms with Gasteiger partial charge < -0.3 is 5.11 Å². The summed E-state index contributed by atoms with van der Waals surface area (Å²) in [6.07, 6.45) is 7.44. The number of aliphatic hydroxyl groups excluding tert-OH is 1. The van der Waals surface area contributed by atoms with Crippen LogP contribution in [0, 0.1) is 0 Å². The third-order valence-corrected chi connectivity index (χ3v) is 3.14. The standard InChI is InChI=1S/C11H19N3O/c15-10-11-4-1-2-6-13(11)8-9-14-7-3-5-12-14/h3,5,7,11,15H,1-2,4,6,8-10H2. The van der Waals surface area contributed by atoms with Gasteiger partial charge in [-0.25, -0.2) is 0 Å². The summed E-state index contributed by atoms with van der Waals surface area (Å²) in [6, 6.07) is 2.31. The van der Waals surface area contributed by atoms with Gasteiger partial charge in [0.15, 0.2) is 0 Å². The Morgan fingerprint density at radius 2 is 2.27 bits per heavy atom. The van der Waals surface area contributed by atoms with E-state index in [1.807, 2.05) is 16.9 Å². The van der Waals surface area contributed by atoms with E-state index >= 15 is 0 Å². The van der Waals surface area contributed by atoms with E-state index < -0.39 is 0 Å². The van der Waals surface area contributed by atoms with E-state index in [1.165, 1.54) is 12.8 Å². The summed E-state index contributed by atoms with van der Waals surface area (Å²) in [4.78, 5) is 2.38. The molecule has 15 heavy (non-hydrogen) atoms. The maximum absolute atomic E-state index is 9.25. The number of nitrogens with zero attached hydrogens (tertiary/aromatic N) is 3. The number of hydrogen-bond acceptors (Lipinski definition) is 3. The average molecular weight is 209 g/mol. The average Bonchev–Trinajstić information content (AvgIpc) is 2.79. The van der Waals surface area contributed by atoms with Crippen LogP contribution >= 0.6 is 0 Å². The Hall–Kier alpha value is -0.870. The zero-order valence-corrected chi connectivity index (χ0v) is 9.05. The Labute approximate surface area is 90.5 Å². The first kappa shape index (κ1) is 10.6. The molecular formula is C11H19N3O. The van der Waals surface area contributed by atoms with Crippen molar-refractivity contribution in [1.29, 1.82) is 0 Å². The van der Waals surface area contributed by atoms with Gasteiger partial charge in [0.1, 0.15) is 0 Å². The quantitative estimate of drug-likeness (QED) is 0.795. The van der Waals surface area contributed by atoms with Gasteiger partial charge in [0.2, 0.25) is 0 Å². The minimum Gasteiger partial charge on any atom is -0.395 e. The molecule has 0 aliphatic carbocycles. The lowest BCUT2D eigenvalue weighted by atomic mass is 10.0. The molecule has 1 N–H and O–H groups in total. The Morgan fingerprint density at radius 1 is 1.33 bits per heavy atom. The predicted molar refractivity (Wildman–Crippen MR) is 58.5 cm³/mol. The van der Waals surface area contributed by atoms with Gasteiger partial charge in [-0.1, -0.05) is 6.42 Å². The van der Waals surface area contributed by atoms with Crippen LogP contribution < -0.4 is 0 Å². The van der Waals surface area contributed by atoms with Crippen molar-refractivity contribution in [3.8, 4) is 0 Å². The van der Waals surface area contributed by atoms with Crippen LogP contribution in [0.25, 0.3) is 0 Å². The predicted octanol–water partition coefficient (Wildman–Crippen LogP) is 0.730. The number of likely N-dealkylation sites (tertiary alicyclic amines) is 1. The van der Waals surface area contributed by atoms with Gasteiger partial charge in [-0.15, -0.1) is 0 Å². The fourth-order valence-electron chi connectivity index (χ4n) is 2.22. The molecule has 0 saturated carbocycles. The van der Waals surface area contributed by atoms with Crippen molar-refractivity contribution in [2.24, 2.45) is 0 Å². The second-order valence-corrected chi connectivity index (χ2v) is 4.14. The molecule has 0 aromatic carbocycles. The number of rotatable bonds is 4. The summed E-state index contributed by atoms with van der Waals surface area (Å²) >= 11 is 0. The van der Waals surface area contributed by atoms with Gasteiger partial charge in [0, 0.05) is 25.0 Å². The van der Waals surface area contributed by atoms with Gasteiger partial charge in [0.25, 0.3) is 0 Å². The maximum Gasteiger partial charge on any atom is 0.0586 e. The number of piperidine rings is 1. The second-order valence-electron chi connectivity index (χ2n) is 4.14. The largest absolute Gasteiger partial charge is 0.395 e. The van der Waals surface area contributed by atoms with Gasteiger partial charge in [-0.3, -0.25) is 9.58 Å².